The Kier molecular flexibility index (Phi) is 7.39. The lowest BCUT2D eigenvalue weighted by atomic mass is 9.91. The Morgan fingerprint density at radius 2 is 1.94 bits per heavy atom. The largest absolute Gasteiger partial charge is 0.470 e. The molecule has 0 bridgehead atoms. The summed E-state index contributed by atoms with van der Waals surface area (Å²) >= 11 is 1.14. The zero-order valence-electron chi connectivity index (χ0n) is 20.2. The first-order chi connectivity index (χ1) is 17.0. The quantitative estimate of drug-likeness (QED) is 0.485. The van der Waals surface area contributed by atoms with Crippen LogP contribution in [-0.2, 0) is 16.2 Å². The highest BCUT2D eigenvalue weighted by Crippen LogP contribution is 2.37. The lowest BCUT2D eigenvalue weighted by Gasteiger charge is -2.39. The summed E-state index contributed by atoms with van der Waals surface area (Å²) in [5.74, 6) is -2.30. The second-order valence-corrected chi connectivity index (χ2v) is 10.7. The first kappa shape index (κ1) is 26.1. The Hall–Kier alpha value is -2.96. The van der Waals surface area contributed by atoms with Crippen molar-refractivity contribution in [3.8, 4) is 16.7 Å². The minimum absolute atomic E-state index is 0.123. The monoisotopic (exact) mass is 527 g/mol. The van der Waals surface area contributed by atoms with Gasteiger partial charge in [0.15, 0.2) is 10.8 Å². The summed E-state index contributed by atoms with van der Waals surface area (Å²) in [6.07, 6.45) is -0.656. The summed E-state index contributed by atoms with van der Waals surface area (Å²) in [5, 5.41) is 1.87. The molecule has 0 atom stereocenters. The summed E-state index contributed by atoms with van der Waals surface area (Å²) in [6.45, 7) is 5.15. The number of likely N-dealkylation sites (tertiary alicyclic amines) is 1. The van der Waals surface area contributed by atoms with E-state index in [9.17, 15) is 22.8 Å². The Morgan fingerprint density at radius 3 is 2.53 bits per heavy atom. The van der Waals surface area contributed by atoms with Gasteiger partial charge in [0, 0.05) is 30.3 Å². The molecule has 9 nitrogen and oxygen atoms in total. The van der Waals surface area contributed by atoms with E-state index in [1.54, 1.807) is 20.8 Å². The molecule has 4 rings (SSSR count). The molecule has 3 heterocycles. The number of hydrogen-bond donors (Lipinski definition) is 0. The van der Waals surface area contributed by atoms with E-state index in [-0.39, 0.29) is 68.1 Å². The Bertz CT molecular complexity index is 1090. The van der Waals surface area contributed by atoms with Crippen molar-refractivity contribution in [1.82, 2.24) is 19.9 Å². The van der Waals surface area contributed by atoms with Gasteiger partial charge in [-0.15, -0.1) is 11.3 Å². The minimum atomic E-state index is -2.75. The Labute approximate surface area is 210 Å². The topological polar surface area (TPSA) is 97.8 Å². The van der Waals surface area contributed by atoms with Crippen molar-refractivity contribution in [1.29, 1.82) is 0 Å². The molecule has 0 unspecified atom stereocenters. The molecule has 1 saturated heterocycles. The number of thiazole rings is 1. The maximum Gasteiger partial charge on any atom is 0.410 e. The molecule has 0 radical (unpaired) electrons. The zero-order valence-corrected chi connectivity index (χ0v) is 21.1. The van der Waals surface area contributed by atoms with Crippen LogP contribution in [0.15, 0.2) is 11.4 Å². The molecule has 2 aliphatic rings. The second-order valence-electron chi connectivity index (χ2n) is 9.89. The van der Waals surface area contributed by atoms with E-state index in [1.165, 1.54) is 21.2 Å². The maximum atomic E-state index is 13.7. The van der Waals surface area contributed by atoms with Crippen LogP contribution in [0.25, 0.3) is 10.8 Å². The van der Waals surface area contributed by atoms with Gasteiger partial charge in [-0.2, -0.15) is 4.98 Å². The van der Waals surface area contributed by atoms with Crippen LogP contribution in [-0.4, -0.2) is 69.1 Å². The van der Waals surface area contributed by atoms with Crippen molar-refractivity contribution in [2.45, 2.75) is 76.8 Å². The van der Waals surface area contributed by atoms with Crippen LogP contribution >= 0.6 is 11.3 Å². The van der Waals surface area contributed by atoms with Crippen molar-refractivity contribution < 1.29 is 32.2 Å². The van der Waals surface area contributed by atoms with Crippen molar-refractivity contribution in [2.75, 3.05) is 18.0 Å². The fourth-order valence-corrected chi connectivity index (χ4v) is 4.69. The predicted molar refractivity (Wildman–Crippen MR) is 126 cm³/mol. The third-order valence-corrected chi connectivity index (χ3v) is 6.70. The van der Waals surface area contributed by atoms with Crippen LogP contribution in [0.4, 0.5) is 23.8 Å². The fraction of sp³-hybridized carbons (Fsp3) is 0.609. The molecule has 1 aliphatic carbocycles. The highest BCUT2D eigenvalue weighted by atomic mass is 32.1. The molecule has 2 fully saturated rings. The first-order valence-corrected chi connectivity index (χ1v) is 12.5. The Morgan fingerprint density at radius 1 is 1.25 bits per heavy atom. The molecule has 13 heteroatoms. The van der Waals surface area contributed by atoms with Gasteiger partial charge in [0.05, 0.1) is 18.8 Å². The van der Waals surface area contributed by atoms with Crippen molar-refractivity contribution in [2.24, 2.45) is 0 Å². The number of carbonyl (C=O) groups is 2. The Balaban J connectivity index is 1.54. The maximum absolute atomic E-state index is 13.7. The molecule has 1 saturated carbocycles. The number of amides is 2. The van der Waals surface area contributed by atoms with Gasteiger partial charge < -0.3 is 14.4 Å². The average molecular weight is 528 g/mol. The van der Waals surface area contributed by atoms with Crippen molar-refractivity contribution in [3.05, 3.63) is 17.1 Å². The highest BCUT2D eigenvalue weighted by molar-refractivity contribution is 7.13. The van der Waals surface area contributed by atoms with Crippen molar-refractivity contribution in [3.63, 3.8) is 0 Å². The van der Waals surface area contributed by atoms with E-state index in [1.807, 2.05) is 0 Å². The summed E-state index contributed by atoms with van der Waals surface area (Å²) < 4.78 is 51.7. The van der Waals surface area contributed by atoms with E-state index >= 15 is 0 Å². The molecule has 1 aliphatic heterocycles. The van der Waals surface area contributed by atoms with Crippen LogP contribution in [0.2, 0.25) is 0 Å². The fourth-order valence-electron chi connectivity index (χ4n) is 3.96. The third kappa shape index (κ3) is 6.23. The minimum Gasteiger partial charge on any atom is -0.470 e. The van der Waals surface area contributed by atoms with Gasteiger partial charge in [-0.1, -0.05) is 0 Å². The van der Waals surface area contributed by atoms with Crippen molar-refractivity contribution >= 4 is 29.7 Å². The lowest BCUT2D eigenvalue weighted by Crippen LogP contribution is -2.57. The van der Waals surface area contributed by atoms with E-state index in [0.29, 0.717) is 11.4 Å². The predicted octanol–water partition coefficient (Wildman–Crippen LogP) is 4.61. The molecule has 2 amide bonds. The third-order valence-electron chi connectivity index (χ3n) is 5.81. The van der Waals surface area contributed by atoms with Gasteiger partial charge in [-0.25, -0.2) is 27.9 Å². The molecule has 0 N–H and O–H groups in total. The van der Waals surface area contributed by atoms with Crippen LogP contribution in [0.1, 0.15) is 52.1 Å². The summed E-state index contributed by atoms with van der Waals surface area (Å²) in [5.41, 5.74) is -0.396. The number of nitrogens with zero attached hydrogens (tertiary/aromatic N) is 5. The average Bonchev–Trinajstić information content (AvgIpc) is 3.25. The van der Waals surface area contributed by atoms with Gasteiger partial charge in [0.1, 0.15) is 24.2 Å². The number of ether oxygens (including phenoxy) is 2. The van der Waals surface area contributed by atoms with E-state index in [4.69, 9.17) is 9.47 Å². The summed E-state index contributed by atoms with van der Waals surface area (Å²) in [4.78, 5) is 40.0. The van der Waals surface area contributed by atoms with Crippen LogP contribution in [0.5, 0.6) is 5.88 Å². The first-order valence-electron chi connectivity index (χ1n) is 11.6. The van der Waals surface area contributed by atoms with Crippen LogP contribution < -0.4 is 9.64 Å². The molecular formula is C23H28F3N5O4S. The molecule has 0 aromatic carbocycles. The number of halogens is 3. The number of hydrogen-bond acceptors (Lipinski definition) is 8. The standard InChI is InChI=1S/C23H28F3N5O4S/c1-22(2,3)35-21(33)30-10-16(11-30)34-18-8-17(28-19(29-18)20-27-14(9-24)12-36-20)31(13-32)15-4-6-23(25,26)7-5-15/h8,12-13,15-16H,4-7,9-11H2,1-3H3. The van der Waals surface area contributed by atoms with E-state index < -0.39 is 30.3 Å². The van der Waals surface area contributed by atoms with E-state index in [2.05, 4.69) is 15.0 Å². The molecule has 2 aromatic heterocycles. The SMILES string of the molecule is CC(C)(C)OC(=O)N1CC(Oc2cc(N(C=O)C3CCC(F)(F)CC3)nc(-c3nc(CF)cs3)n2)C1. The zero-order chi connectivity index (χ0) is 26.1. The number of aromatic nitrogens is 3. The summed E-state index contributed by atoms with van der Waals surface area (Å²) in [7, 11) is 0. The number of anilines is 1. The van der Waals surface area contributed by atoms with E-state index in [0.717, 1.165) is 11.3 Å². The molecule has 36 heavy (non-hydrogen) atoms. The number of alkyl halides is 3. The number of carbonyl (C=O) groups excluding carboxylic acids is 2. The van der Waals surface area contributed by atoms with Gasteiger partial charge in [-0.05, 0) is 33.6 Å². The van der Waals surface area contributed by atoms with Crippen LogP contribution in [0, 0.1) is 0 Å². The van der Waals surface area contributed by atoms with Gasteiger partial charge in [-0.3, -0.25) is 9.69 Å². The van der Waals surface area contributed by atoms with Crippen LogP contribution in [0.3, 0.4) is 0 Å². The molecular weight excluding hydrogens is 499 g/mol. The lowest BCUT2D eigenvalue weighted by molar-refractivity contribution is -0.108. The normalized spacial score (nSPS) is 18.4. The van der Waals surface area contributed by atoms with Gasteiger partial charge in [0.25, 0.3) is 0 Å². The molecule has 196 valence electrons. The second kappa shape index (κ2) is 10.2. The molecule has 2 aromatic rings. The van der Waals surface area contributed by atoms with Gasteiger partial charge >= 0.3 is 6.09 Å². The number of rotatable bonds is 7. The van der Waals surface area contributed by atoms with Gasteiger partial charge in [0.2, 0.25) is 18.2 Å². The molecule has 0 spiro atoms. The highest BCUT2D eigenvalue weighted by Gasteiger charge is 2.38. The smallest absolute Gasteiger partial charge is 0.410 e. The summed E-state index contributed by atoms with van der Waals surface area (Å²) in [6, 6.07) is 1.01.